The SMILES string of the molecule is O=S(=O)(c1cnn(-c2ccccn2)c1)N1CCN(c2ncccn2)CC1. The Morgan fingerprint density at radius 1 is 0.885 bits per heavy atom. The molecule has 0 radical (unpaired) electrons. The number of rotatable bonds is 4. The number of nitrogens with zero attached hydrogens (tertiary/aromatic N) is 7. The first-order chi connectivity index (χ1) is 12.6. The molecule has 4 rings (SSSR count). The Bertz CT molecular complexity index is 968. The zero-order valence-electron chi connectivity index (χ0n) is 13.9. The Labute approximate surface area is 151 Å². The van der Waals surface area contributed by atoms with E-state index in [1.165, 1.54) is 21.4 Å². The van der Waals surface area contributed by atoms with Crippen molar-refractivity contribution in [2.75, 3.05) is 31.1 Å². The smallest absolute Gasteiger partial charge is 0.246 e. The zero-order valence-corrected chi connectivity index (χ0v) is 14.7. The topological polar surface area (TPSA) is 97.1 Å². The molecule has 0 N–H and O–H groups in total. The molecule has 3 aromatic heterocycles. The molecule has 0 saturated carbocycles. The van der Waals surface area contributed by atoms with E-state index in [4.69, 9.17) is 0 Å². The summed E-state index contributed by atoms with van der Waals surface area (Å²) in [6.45, 7) is 1.82. The lowest BCUT2D eigenvalue weighted by atomic mass is 10.4. The predicted octanol–water partition coefficient (Wildman–Crippen LogP) is 0.568. The Kier molecular flexibility index (Phi) is 4.35. The second kappa shape index (κ2) is 6.81. The normalized spacial score (nSPS) is 15.9. The number of piperazine rings is 1. The quantitative estimate of drug-likeness (QED) is 0.661. The minimum atomic E-state index is -3.60. The summed E-state index contributed by atoms with van der Waals surface area (Å²) in [6.07, 6.45) is 7.84. The molecule has 1 aliphatic heterocycles. The van der Waals surface area contributed by atoms with Crippen LogP contribution in [0.25, 0.3) is 5.82 Å². The van der Waals surface area contributed by atoms with Crippen molar-refractivity contribution in [2.24, 2.45) is 0 Å². The average molecular weight is 371 g/mol. The van der Waals surface area contributed by atoms with Crippen LogP contribution in [0.4, 0.5) is 5.95 Å². The highest BCUT2D eigenvalue weighted by Gasteiger charge is 2.30. The van der Waals surface area contributed by atoms with Crippen molar-refractivity contribution in [3.63, 3.8) is 0 Å². The molecule has 1 saturated heterocycles. The van der Waals surface area contributed by atoms with Gasteiger partial charge in [-0.25, -0.2) is 28.1 Å². The molecular formula is C16H17N7O2S. The summed E-state index contributed by atoms with van der Waals surface area (Å²) in [5.74, 6) is 1.19. The van der Waals surface area contributed by atoms with Gasteiger partial charge in [-0.05, 0) is 18.2 Å². The van der Waals surface area contributed by atoms with Crippen LogP contribution in [-0.2, 0) is 10.0 Å². The Morgan fingerprint density at radius 2 is 1.62 bits per heavy atom. The van der Waals surface area contributed by atoms with Crippen molar-refractivity contribution in [1.29, 1.82) is 0 Å². The largest absolute Gasteiger partial charge is 0.338 e. The number of anilines is 1. The summed E-state index contributed by atoms with van der Waals surface area (Å²) in [7, 11) is -3.60. The molecule has 1 fully saturated rings. The molecule has 4 heterocycles. The predicted molar refractivity (Wildman–Crippen MR) is 94.4 cm³/mol. The third kappa shape index (κ3) is 3.16. The molecular weight excluding hydrogens is 354 g/mol. The third-order valence-corrected chi connectivity index (χ3v) is 6.01. The molecule has 0 atom stereocenters. The van der Waals surface area contributed by atoms with Crippen molar-refractivity contribution in [3.8, 4) is 5.82 Å². The number of hydrogen-bond donors (Lipinski definition) is 0. The van der Waals surface area contributed by atoms with Crippen molar-refractivity contribution < 1.29 is 8.42 Å². The van der Waals surface area contributed by atoms with E-state index in [1.54, 1.807) is 36.8 Å². The Balaban J connectivity index is 1.49. The molecule has 0 amide bonds. The second-order valence-electron chi connectivity index (χ2n) is 5.75. The van der Waals surface area contributed by atoms with Gasteiger partial charge in [0.2, 0.25) is 16.0 Å². The van der Waals surface area contributed by atoms with Crippen LogP contribution in [0.2, 0.25) is 0 Å². The molecule has 0 unspecified atom stereocenters. The molecule has 0 aliphatic carbocycles. The lowest BCUT2D eigenvalue weighted by molar-refractivity contribution is 0.382. The van der Waals surface area contributed by atoms with Gasteiger partial charge in [-0.15, -0.1) is 0 Å². The van der Waals surface area contributed by atoms with E-state index in [2.05, 4.69) is 20.1 Å². The first-order valence-electron chi connectivity index (χ1n) is 8.13. The standard InChI is InChI=1S/C16H17N7O2S/c24-26(25,14-12-20-23(13-14)15-4-1-2-5-17-15)22-10-8-21(9-11-22)16-18-6-3-7-19-16/h1-7,12-13H,8-11H2. The number of pyridine rings is 1. The molecule has 1 aliphatic rings. The number of sulfonamides is 1. The maximum Gasteiger partial charge on any atom is 0.246 e. The molecule has 0 aromatic carbocycles. The third-order valence-electron chi connectivity index (χ3n) is 4.15. The fraction of sp³-hybridized carbons (Fsp3) is 0.250. The summed E-state index contributed by atoms with van der Waals surface area (Å²) in [5.41, 5.74) is 0. The van der Waals surface area contributed by atoms with Crippen LogP contribution < -0.4 is 4.90 Å². The van der Waals surface area contributed by atoms with E-state index in [9.17, 15) is 8.42 Å². The van der Waals surface area contributed by atoms with Gasteiger partial charge in [0, 0.05) is 44.8 Å². The maximum absolute atomic E-state index is 12.9. The Morgan fingerprint density at radius 3 is 2.31 bits per heavy atom. The van der Waals surface area contributed by atoms with Gasteiger partial charge in [0.05, 0.1) is 12.4 Å². The van der Waals surface area contributed by atoms with Crippen LogP contribution in [0.1, 0.15) is 0 Å². The minimum Gasteiger partial charge on any atom is -0.338 e. The van der Waals surface area contributed by atoms with Gasteiger partial charge in [0.15, 0.2) is 5.82 Å². The summed E-state index contributed by atoms with van der Waals surface area (Å²) >= 11 is 0. The van der Waals surface area contributed by atoms with E-state index in [0.717, 1.165) is 0 Å². The fourth-order valence-corrected chi connectivity index (χ4v) is 4.14. The maximum atomic E-state index is 12.9. The number of hydrogen-bond acceptors (Lipinski definition) is 7. The van der Waals surface area contributed by atoms with E-state index in [0.29, 0.717) is 37.9 Å². The summed E-state index contributed by atoms with van der Waals surface area (Å²) in [4.78, 5) is 14.7. The Hall–Kier alpha value is -2.85. The minimum absolute atomic E-state index is 0.160. The molecule has 26 heavy (non-hydrogen) atoms. The van der Waals surface area contributed by atoms with Gasteiger partial charge >= 0.3 is 0 Å². The van der Waals surface area contributed by atoms with Crippen LogP contribution in [0, 0.1) is 0 Å². The van der Waals surface area contributed by atoms with E-state index < -0.39 is 10.0 Å². The summed E-state index contributed by atoms with van der Waals surface area (Å²) in [6, 6.07) is 7.13. The molecule has 10 heteroatoms. The molecule has 3 aromatic rings. The van der Waals surface area contributed by atoms with Crippen molar-refractivity contribution in [1.82, 2.24) is 29.0 Å². The average Bonchev–Trinajstić information content (AvgIpc) is 3.21. The number of aromatic nitrogens is 5. The highest BCUT2D eigenvalue weighted by atomic mass is 32.2. The van der Waals surface area contributed by atoms with Gasteiger partial charge in [0.25, 0.3) is 0 Å². The fourth-order valence-electron chi connectivity index (χ4n) is 2.79. The first kappa shape index (κ1) is 16.6. The second-order valence-corrected chi connectivity index (χ2v) is 7.69. The van der Waals surface area contributed by atoms with Crippen LogP contribution in [-0.4, -0.2) is 63.6 Å². The molecule has 0 spiro atoms. The molecule has 134 valence electrons. The van der Waals surface area contributed by atoms with Crippen molar-refractivity contribution in [2.45, 2.75) is 4.90 Å². The van der Waals surface area contributed by atoms with Crippen molar-refractivity contribution >= 4 is 16.0 Å². The highest BCUT2D eigenvalue weighted by molar-refractivity contribution is 7.89. The molecule has 9 nitrogen and oxygen atoms in total. The van der Waals surface area contributed by atoms with Gasteiger partial charge in [-0.2, -0.15) is 9.40 Å². The highest BCUT2D eigenvalue weighted by Crippen LogP contribution is 2.19. The van der Waals surface area contributed by atoms with Gasteiger partial charge in [-0.1, -0.05) is 6.07 Å². The first-order valence-corrected chi connectivity index (χ1v) is 9.57. The van der Waals surface area contributed by atoms with Crippen LogP contribution in [0.15, 0.2) is 60.1 Å². The zero-order chi connectivity index (χ0) is 18.0. The van der Waals surface area contributed by atoms with E-state index in [1.807, 2.05) is 11.0 Å². The summed E-state index contributed by atoms with van der Waals surface area (Å²) in [5, 5.41) is 4.13. The monoisotopic (exact) mass is 371 g/mol. The van der Waals surface area contributed by atoms with Crippen molar-refractivity contribution in [3.05, 3.63) is 55.2 Å². The van der Waals surface area contributed by atoms with Crippen LogP contribution >= 0.6 is 0 Å². The van der Waals surface area contributed by atoms with Gasteiger partial charge in [-0.3, -0.25) is 0 Å². The lowest BCUT2D eigenvalue weighted by Gasteiger charge is -2.33. The van der Waals surface area contributed by atoms with E-state index in [-0.39, 0.29) is 4.90 Å². The van der Waals surface area contributed by atoms with Gasteiger partial charge < -0.3 is 4.90 Å². The van der Waals surface area contributed by atoms with Gasteiger partial charge in [0.1, 0.15) is 4.90 Å². The van der Waals surface area contributed by atoms with E-state index >= 15 is 0 Å². The summed E-state index contributed by atoms with van der Waals surface area (Å²) < 4.78 is 28.7. The van der Waals surface area contributed by atoms with Crippen LogP contribution in [0.5, 0.6) is 0 Å². The molecule has 0 bridgehead atoms. The van der Waals surface area contributed by atoms with Crippen LogP contribution in [0.3, 0.4) is 0 Å². The lowest BCUT2D eigenvalue weighted by Crippen LogP contribution is -2.49.